The van der Waals surface area contributed by atoms with Crippen LogP contribution in [-0.2, 0) is 29.2 Å². The fourth-order valence-electron chi connectivity index (χ4n) is 6.51. The van der Waals surface area contributed by atoms with Crippen molar-refractivity contribution >= 4 is 27.9 Å². The summed E-state index contributed by atoms with van der Waals surface area (Å²) >= 11 is 0. The molecule has 2 atom stereocenters. The van der Waals surface area contributed by atoms with Crippen molar-refractivity contribution in [2.75, 3.05) is 12.3 Å². The van der Waals surface area contributed by atoms with E-state index in [-0.39, 0.29) is 30.8 Å². The maximum absolute atomic E-state index is 13.1. The summed E-state index contributed by atoms with van der Waals surface area (Å²) in [6.45, 7) is 7.82. The minimum Gasteiger partial charge on any atom is -0.462 e. The minimum atomic E-state index is -4.21. The van der Waals surface area contributed by atoms with Gasteiger partial charge in [0.15, 0.2) is 0 Å². The highest BCUT2D eigenvalue weighted by molar-refractivity contribution is 7.85. The van der Waals surface area contributed by atoms with E-state index in [1.165, 1.54) is 128 Å². The molecule has 0 saturated carbocycles. The van der Waals surface area contributed by atoms with Crippen LogP contribution in [0.15, 0.2) is 0 Å². The van der Waals surface area contributed by atoms with Gasteiger partial charge < -0.3 is 15.4 Å². The Kier molecular flexibility index (Phi) is 33.0. The minimum absolute atomic E-state index is 0.0237. The van der Waals surface area contributed by atoms with Gasteiger partial charge in [0.2, 0.25) is 11.8 Å². The second-order valence-corrected chi connectivity index (χ2v) is 16.8. The Morgan fingerprint density at radius 2 is 1.00 bits per heavy atom. The number of unbranched alkanes of at least 4 members (excludes halogenated alkanes) is 24. The van der Waals surface area contributed by atoms with Crippen molar-refractivity contribution < 1.29 is 32.1 Å². The van der Waals surface area contributed by atoms with E-state index >= 15 is 0 Å². The number of hydrogen-bond donors (Lipinski definition) is 3. The molecular weight excluding hydrogens is 665 g/mol. The van der Waals surface area contributed by atoms with Crippen LogP contribution >= 0.6 is 0 Å². The first kappa shape index (κ1) is 49.3. The molecule has 51 heavy (non-hydrogen) atoms. The summed E-state index contributed by atoms with van der Waals surface area (Å²) < 4.78 is 36.8. The molecule has 0 aromatic rings. The zero-order valence-corrected chi connectivity index (χ0v) is 34.3. The van der Waals surface area contributed by atoms with Gasteiger partial charge in [0.25, 0.3) is 10.1 Å². The van der Waals surface area contributed by atoms with Crippen molar-refractivity contribution in [2.24, 2.45) is 5.92 Å². The number of carbonyl (C=O) groups excluding carboxylic acids is 3. The molecule has 1 unspecified atom stereocenters. The summed E-state index contributed by atoms with van der Waals surface area (Å²) in [4.78, 5) is 38.6. The zero-order chi connectivity index (χ0) is 38.0. The molecule has 0 radical (unpaired) electrons. The molecule has 0 aliphatic rings. The van der Waals surface area contributed by atoms with Crippen LogP contribution in [0.4, 0.5) is 0 Å². The van der Waals surface area contributed by atoms with Gasteiger partial charge in [0, 0.05) is 13.0 Å². The van der Waals surface area contributed by atoms with Crippen molar-refractivity contribution in [1.29, 1.82) is 0 Å². The smallest absolute Gasteiger partial charge is 0.306 e. The summed E-state index contributed by atoms with van der Waals surface area (Å²) in [6.07, 6.45) is 32.5. The maximum Gasteiger partial charge on any atom is 0.306 e. The molecule has 0 heterocycles. The van der Waals surface area contributed by atoms with Crippen molar-refractivity contribution in [3.05, 3.63) is 0 Å². The maximum atomic E-state index is 13.1. The number of rotatable bonds is 37. The molecule has 0 saturated heterocycles. The summed E-state index contributed by atoms with van der Waals surface area (Å²) in [7, 11) is -4.21. The first-order valence-corrected chi connectivity index (χ1v) is 22.8. The molecular formula is C41H80N2O7S. The van der Waals surface area contributed by atoms with Gasteiger partial charge in [-0.05, 0) is 25.2 Å². The van der Waals surface area contributed by atoms with Crippen LogP contribution in [0.25, 0.3) is 0 Å². The second kappa shape index (κ2) is 34.1. The van der Waals surface area contributed by atoms with Crippen LogP contribution in [0, 0.1) is 5.92 Å². The van der Waals surface area contributed by atoms with Gasteiger partial charge in [-0.15, -0.1) is 0 Å². The van der Waals surface area contributed by atoms with Crippen LogP contribution in [0.2, 0.25) is 0 Å². The fraction of sp³-hybridized carbons (Fsp3) is 0.927. The predicted octanol–water partition coefficient (Wildman–Crippen LogP) is 10.4. The van der Waals surface area contributed by atoms with Gasteiger partial charge in [0.05, 0.1) is 12.2 Å². The predicted molar refractivity (Wildman–Crippen MR) is 211 cm³/mol. The zero-order valence-electron chi connectivity index (χ0n) is 33.5. The molecule has 0 aliphatic heterocycles. The van der Waals surface area contributed by atoms with E-state index in [4.69, 9.17) is 9.29 Å². The van der Waals surface area contributed by atoms with E-state index in [0.717, 1.165) is 38.5 Å². The lowest BCUT2D eigenvalue weighted by Gasteiger charge is -2.23. The second-order valence-electron chi connectivity index (χ2n) is 15.2. The van der Waals surface area contributed by atoms with Gasteiger partial charge in [-0.2, -0.15) is 8.42 Å². The number of esters is 1. The first-order chi connectivity index (χ1) is 24.5. The van der Waals surface area contributed by atoms with Crippen LogP contribution in [0.1, 0.15) is 214 Å². The normalized spacial score (nSPS) is 12.9. The van der Waals surface area contributed by atoms with Crippen LogP contribution in [0.3, 0.4) is 0 Å². The van der Waals surface area contributed by atoms with E-state index < -0.39 is 33.9 Å². The van der Waals surface area contributed by atoms with E-state index in [0.29, 0.717) is 12.8 Å². The topological polar surface area (TPSA) is 139 Å². The average Bonchev–Trinajstić information content (AvgIpc) is 3.07. The third-order valence-corrected chi connectivity index (χ3v) is 10.5. The largest absolute Gasteiger partial charge is 0.462 e. The summed E-state index contributed by atoms with van der Waals surface area (Å²) in [6, 6.07) is -0.877. The molecule has 3 N–H and O–H groups in total. The monoisotopic (exact) mass is 745 g/mol. The van der Waals surface area contributed by atoms with E-state index in [2.05, 4.69) is 24.5 Å². The Morgan fingerprint density at radius 3 is 1.39 bits per heavy atom. The Labute approximate surface area is 314 Å². The molecule has 0 rings (SSSR count). The number of amides is 2. The van der Waals surface area contributed by atoms with E-state index in [9.17, 15) is 22.8 Å². The van der Waals surface area contributed by atoms with Crippen LogP contribution < -0.4 is 10.6 Å². The third kappa shape index (κ3) is 33.9. The number of hydrogen-bond acceptors (Lipinski definition) is 6. The Hall–Kier alpha value is -1.68. The van der Waals surface area contributed by atoms with Crippen LogP contribution in [0.5, 0.6) is 0 Å². The lowest BCUT2D eigenvalue weighted by Crippen LogP contribution is -2.51. The van der Waals surface area contributed by atoms with Crippen molar-refractivity contribution in [3.63, 3.8) is 0 Å². The standard InChI is InChI=1S/C41H80N2O7S/c1-5-7-9-11-13-15-17-19-21-23-25-27-29-31-37(35-38(44)43-40(36(3)4)41(46)42-33-34-51(47,48)49)50-39(45)32-30-28-26-24-22-20-18-16-14-12-10-8-6-2/h36-37,40H,5-35H2,1-4H3,(H,42,46)(H,43,44)(H,47,48,49)/t37?,40-/m0/s1. The summed E-state index contributed by atoms with van der Waals surface area (Å²) in [5, 5.41) is 5.23. The number of carbonyl (C=O) groups is 3. The SMILES string of the molecule is CCCCCCCCCCCCCCCC(=O)OC(CCCCCCCCCCCCCCC)CC(=O)N[C@H](C(=O)NCCS(=O)(=O)O)C(C)C. The van der Waals surface area contributed by atoms with Gasteiger partial charge in [-0.25, -0.2) is 0 Å². The summed E-state index contributed by atoms with van der Waals surface area (Å²) in [5.74, 6) is -2.03. The lowest BCUT2D eigenvalue weighted by molar-refractivity contribution is -0.151. The Morgan fingerprint density at radius 1 is 0.608 bits per heavy atom. The molecule has 2 amide bonds. The average molecular weight is 745 g/mol. The van der Waals surface area contributed by atoms with Gasteiger partial charge >= 0.3 is 5.97 Å². The highest BCUT2D eigenvalue weighted by Gasteiger charge is 2.26. The molecule has 0 aromatic heterocycles. The lowest BCUT2D eigenvalue weighted by atomic mass is 10.0. The van der Waals surface area contributed by atoms with E-state index in [1.807, 2.05) is 0 Å². The molecule has 0 aliphatic carbocycles. The first-order valence-electron chi connectivity index (χ1n) is 21.2. The summed E-state index contributed by atoms with van der Waals surface area (Å²) in [5.41, 5.74) is 0. The molecule has 302 valence electrons. The molecule has 0 fully saturated rings. The van der Waals surface area contributed by atoms with E-state index in [1.54, 1.807) is 13.8 Å². The van der Waals surface area contributed by atoms with Crippen molar-refractivity contribution in [1.82, 2.24) is 10.6 Å². The number of ether oxygens (including phenoxy) is 1. The molecule has 0 spiro atoms. The fourth-order valence-corrected chi connectivity index (χ4v) is 6.87. The molecule has 0 aromatic carbocycles. The Bertz CT molecular complexity index is 958. The van der Waals surface area contributed by atoms with Crippen molar-refractivity contribution in [2.45, 2.75) is 226 Å². The van der Waals surface area contributed by atoms with Crippen molar-refractivity contribution in [3.8, 4) is 0 Å². The highest BCUT2D eigenvalue weighted by Crippen LogP contribution is 2.18. The molecule has 9 nitrogen and oxygen atoms in total. The number of nitrogens with one attached hydrogen (secondary N) is 2. The van der Waals surface area contributed by atoms with Gasteiger partial charge in [0.1, 0.15) is 12.1 Å². The van der Waals surface area contributed by atoms with Gasteiger partial charge in [-0.1, -0.05) is 182 Å². The molecule has 0 bridgehead atoms. The van der Waals surface area contributed by atoms with Gasteiger partial charge in [-0.3, -0.25) is 18.9 Å². The quantitative estimate of drug-likeness (QED) is 0.0327. The third-order valence-electron chi connectivity index (χ3n) is 9.75. The Balaban J connectivity index is 4.65. The molecule has 10 heteroatoms. The van der Waals surface area contributed by atoms with Crippen LogP contribution in [-0.4, -0.2) is 55.2 Å². The highest BCUT2D eigenvalue weighted by atomic mass is 32.2.